The Kier molecular flexibility index (Phi) is 8.50. The number of H-pyrrole nitrogens is 1. The van der Waals surface area contributed by atoms with Gasteiger partial charge in [0, 0.05) is 61.1 Å². The smallest absolute Gasteiger partial charge is 0.416 e. The third-order valence-electron chi connectivity index (χ3n) is 7.09. The second-order valence-electron chi connectivity index (χ2n) is 9.30. The molecule has 5 N–H and O–H groups in total. The van der Waals surface area contributed by atoms with Gasteiger partial charge in [-0.15, -0.1) is 10.2 Å². The number of halogens is 3. The first-order valence-electron chi connectivity index (χ1n) is 11.7. The molecule has 3 heterocycles. The molecule has 1 aromatic carbocycles. The van der Waals surface area contributed by atoms with Crippen molar-refractivity contribution in [2.24, 2.45) is 5.14 Å². The lowest BCUT2D eigenvalue weighted by atomic mass is 9.79. The Balaban J connectivity index is 0.000000672. The molecule has 14 heteroatoms. The van der Waals surface area contributed by atoms with E-state index in [1.54, 1.807) is 6.07 Å². The predicted octanol–water partition coefficient (Wildman–Crippen LogP) is 1.29. The van der Waals surface area contributed by atoms with Crippen LogP contribution in [0.5, 0.6) is 0 Å². The molecule has 10 nitrogen and oxygen atoms in total. The first kappa shape index (κ1) is 26.1. The van der Waals surface area contributed by atoms with Gasteiger partial charge in [-0.3, -0.25) is 14.2 Å². The lowest BCUT2D eigenvalue weighted by molar-refractivity contribution is -0.137. The first-order valence-corrected chi connectivity index (χ1v) is 12.8. The average Bonchev–Trinajstić information content (AvgIpc) is 3.48. The number of rotatable bonds is 4. The van der Waals surface area contributed by atoms with Crippen LogP contribution in [-0.2, 0) is 17.4 Å². The molecule has 35 heavy (non-hydrogen) atoms. The van der Waals surface area contributed by atoms with Crippen LogP contribution in [0.1, 0.15) is 49.1 Å². The predicted molar refractivity (Wildman–Crippen MR) is 122 cm³/mol. The zero-order valence-electron chi connectivity index (χ0n) is 19.1. The number of alkyl halides is 3. The van der Waals surface area contributed by atoms with Crippen molar-refractivity contribution in [2.75, 3.05) is 26.2 Å². The van der Waals surface area contributed by atoms with Gasteiger partial charge in [-0.05, 0) is 60.9 Å². The summed E-state index contributed by atoms with van der Waals surface area (Å²) in [6.07, 6.45) is 0.717. The topological polar surface area (TPSA) is 148 Å². The normalized spacial score (nSPS) is 28.1. The molecule has 3 atom stereocenters. The van der Waals surface area contributed by atoms with Crippen LogP contribution >= 0.6 is 0 Å². The lowest BCUT2D eigenvalue weighted by Crippen LogP contribution is -2.47. The van der Waals surface area contributed by atoms with Crippen molar-refractivity contribution in [2.45, 2.75) is 62.3 Å². The van der Waals surface area contributed by atoms with Crippen LogP contribution in [0, 0.1) is 0 Å². The van der Waals surface area contributed by atoms with E-state index in [2.05, 4.69) is 41.3 Å². The Bertz CT molecular complexity index is 967. The molecule has 2 aromatic rings. The van der Waals surface area contributed by atoms with Gasteiger partial charge >= 0.3 is 6.18 Å². The average molecular weight is 516 g/mol. The van der Waals surface area contributed by atoms with E-state index in [0.717, 1.165) is 63.5 Å². The SMILES string of the molecule is FC(F)(F)c1ccc(C2CCC(NC3CC4CNCCN4C3)CC2)c(-c2nn[nH]n2)c1.NS(=O)[O-]. The van der Waals surface area contributed by atoms with Crippen LogP contribution in [0.25, 0.3) is 11.4 Å². The quantitative estimate of drug-likeness (QED) is 0.445. The summed E-state index contributed by atoms with van der Waals surface area (Å²) in [6, 6.07) is 5.59. The fraction of sp³-hybridized carbons (Fsp3) is 0.667. The highest BCUT2D eigenvalue weighted by molar-refractivity contribution is 7.76. The fourth-order valence-corrected chi connectivity index (χ4v) is 5.55. The number of benzene rings is 1. The van der Waals surface area contributed by atoms with Crippen LogP contribution in [0.15, 0.2) is 18.2 Å². The van der Waals surface area contributed by atoms with Crippen LogP contribution in [0.2, 0.25) is 0 Å². The summed E-state index contributed by atoms with van der Waals surface area (Å²) in [5, 5.41) is 25.2. The van der Waals surface area contributed by atoms with Crippen molar-refractivity contribution in [3.8, 4) is 11.4 Å². The Morgan fingerprint density at radius 3 is 2.57 bits per heavy atom. The lowest BCUT2D eigenvalue weighted by Gasteiger charge is -2.32. The molecule has 1 aliphatic carbocycles. The molecule has 194 valence electrons. The second-order valence-corrected chi connectivity index (χ2v) is 9.82. The Morgan fingerprint density at radius 1 is 1.20 bits per heavy atom. The zero-order valence-corrected chi connectivity index (χ0v) is 19.9. The number of piperazine rings is 1. The molecule has 0 amide bonds. The number of hydrogen-bond acceptors (Lipinski definition) is 8. The van der Waals surface area contributed by atoms with Gasteiger partial charge in [0.1, 0.15) is 0 Å². The van der Waals surface area contributed by atoms with Crippen LogP contribution in [0.3, 0.4) is 0 Å². The highest BCUT2D eigenvalue weighted by Crippen LogP contribution is 2.40. The molecule has 5 rings (SSSR count). The summed E-state index contributed by atoms with van der Waals surface area (Å²) in [6.45, 7) is 4.40. The molecule has 3 unspecified atom stereocenters. The maximum Gasteiger partial charge on any atom is 0.416 e. The van der Waals surface area contributed by atoms with E-state index >= 15 is 0 Å². The van der Waals surface area contributed by atoms with Gasteiger partial charge in [0.15, 0.2) is 0 Å². The molecule has 2 saturated heterocycles. The van der Waals surface area contributed by atoms with Gasteiger partial charge in [-0.1, -0.05) is 6.07 Å². The number of aromatic nitrogens is 4. The molecule has 1 aromatic heterocycles. The molecule has 0 spiro atoms. The summed E-state index contributed by atoms with van der Waals surface area (Å²) < 4.78 is 57.3. The van der Waals surface area contributed by atoms with Gasteiger partial charge in [0.05, 0.1) is 5.56 Å². The number of nitrogens with one attached hydrogen (secondary N) is 3. The number of nitrogens with two attached hydrogens (primary N) is 1. The van der Waals surface area contributed by atoms with Crippen LogP contribution in [0.4, 0.5) is 13.2 Å². The maximum atomic E-state index is 13.3. The van der Waals surface area contributed by atoms with Gasteiger partial charge in [-0.25, -0.2) is 0 Å². The third-order valence-corrected chi connectivity index (χ3v) is 7.09. The Morgan fingerprint density at radius 2 is 1.94 bits per heavy atom. The zero-order chi connectivity index (χ0) is 25.0. The first-order chi connectivity index (χ1) is 16.7. The fourth-order valence-electron chi connectivity index (χ4n) is 5.55. The van der Waals surface area contributed by atoms with E-state index < -0.39 is 23.0 Å². The van der Waals surface area contributed by atoms with E-state index in [1.807, 2.05) is 0 Å². The van der Waals surface area contributed by atoms with Crippen molar-refractivity contribution in [3.63, 3.8) is 0 Å². The highest BCUT2D eigenvalue weighted by Gasteiger charge is 2.36. The van der Waals surface area contributed by atoms with Crippen molar-refractivity contribution in [3.05, 3.63) is 29.3 Å². The van der Waals surface area contributed by atoms with Crippen molar-refractivity contribution < 1.29 is 21.9 Å². The molecule has 0 radical (unpaired) electrons. The van der Waals surface area contributed by atoms with E-state index in [0.29, 0.717) is 23.7 Å². The van der Waals surface area contributed by atoms with Crippen molar-refractivity contribution in [1.82, 2.24) is 36.2 Å². The minimum atomic E-state index is -4.40. The van der Waals surface area contributed by atoms with E-state index in [9.17, 15) is 13.2 Å². The Labute approximate surface area is 204 Å². The summed E-state index contributed by atoms with van der Waals surface area (Å²) in [7, 11) is 0. The van der Waals surface area contributed by atoms with E-state index in [-0.39, 0.29) is 11.7 Å². The third kappa shape index (κ3) is 6.83. The summed E-state index contributed by atoms with van der Waals surface area (Å²) in [5.74, 6) is 0.422. The van der Waals surface area contributed by atoms with Crippen LogP contribution < -0.4 is 15.8 Å². The number of tetrazole rings is 1. The largest absolute Gasteiger partial charge is 0.760 e. The van der Waals surface area contributed by atoms with Gasteiger partial charge in [0.25, 0.3) is 0 Å². The van der Waals surface area contributed by atoms with Gasteiger partial charge in [0.2, 0.25) is 5.82 Å². The van der Waals surface area contributed by atoms with Gasteiger partial charge < -0.3 is 15.2 Å². The highest BCUT2D eigenvalue weighted by atomic mass is 32.2. The molecule has 3 fully saturated rings. The standard InChI is InChI=1S/C21H28F3N7.H3NO2S/c22-21(23,24)14-3-6-18(19(9-14)20-27-29-30-28-20)13-1-4-15(5-2-13)26-16-10-17-11-25-7-8-31(17)12-16;1-4(2)3/h3,6,9,13,15-17,25-26H,1-2,4-5,7-8,10-12H2,(H,27,28,29,30);1H2,(H,2,3)/p-1. The van der Waals surface area contributed by atoms with Gasteiger partial charge in [-0.2, -0.15) is 18.4 Å². The second kappa shape index (κ2) is 11.4. The number of aromatic amines is 1. The minimum Gasteiger partial charge on any atom is -0.760 e. The molecular formula is C21H30F3N8O2S-. The number of nitrogens with zero attached hydrogens (tertiary/aromatic N) is 4. The Hall–Kier alpha value is -1.97. The molecule has 3 aliphatic rings. The monoisotopic (exact) mass is 515 g/mol. The minimum absolute atomic E-state index is 0.202. The molecule has 0 bridgehead atoms. The number of hydrogen-bond donors (Lipinski definition) is 4. The molecule has 1 saturated carbocycles. The van der Waals surface area contributed by atoms with Crippen molar-refractivity contribution in [1.29, 1.82) is 0 Å². The van der Waals surface area contributed by atoms with Crippen LogP contribution in [-0.4, -0.2) is 78.6 Å². The van der Waals surface area contributed by atoms with E-state index in [4.69, 9.17) is 8.76 Å². The summed E-state index contributed by atoms with van der Waals surface area (Å²) in [5.41, 5.74) is 0.635. The molecule has 2 aliphatic heterocycles. The van der Waals surface area contributed by atoms with Crippen molar-refractivity contribution >= 4 is 11.3 Å². The summed E-state index contributed by atoms with van der Waals surface area (Å²) in [4.78, 5) is 2.58. The maximum absolute atomic E-state index is 13.3. The van der Waals surface area contributed by atoms with E-state index in [1.165, 1.54) is 12.5 Å². The number of fused-ring (bicyclic) bond motifs is 1. The summed E-state index contributed by atoms with van der Waals surface area (Å²) >= 11 is -2.36. The molecular weight excluding hydrogens is 485 g/mol.